The summed E-state index contributed by atoms with van der Waals surface area (Å²) in [4.78, 5) is 6.42. The van der Waals surface area contributed by atoms with Gasteiger partial charge >= 0.3 is 0 Å². The highest BCUT2D eigenvalue weighted by atomic mass is 14.7. The maximum absolute atomic E-state index is 9.55. The van der Waals surface area contributed by atoms with Crippen LogP contribution in [0, 0.1) is 34.0 Å². The number of aromatic nitrogens is 2. The minimum absolute atomic E-state index is 0.0539. The summed E-state index contributed by atoms with van der Waals surface area (Å²) in [6, 6.07) is 20.6. The zero-order chi connectivity index (χ0) is 17.6. The van der Waals surface area contributed by atoms with Crippen molar-refractivity contribution in [3.63, 3.8) is 0 Å². The lowest BCUT2D eigenvalue weighted by atomic mass is 10.1. The van der Waals surface area contributed by atoms with Crippen LogP contribution in [0.25, 0.3) is 11.1 Å². The first kappa shape index (κ1) is 15.9. The van der Waals surface area contributed by atoms with Crippen molar-refractivity contribution in [1.82, 2.24) is 9.97 Å². The highest BCUT2D eigenvalue weighted by Crippen LogP contribution is 2.13. The molecule has 2 N–H and O–H groups in total. The lowest BCUT2D eigenvalue weighted by molar-refractivity contribution is 1.05. The SMILES string of the molecule is N#CC(C#N)=c1ccc(=C(C#N)c2ccc(Cc3ccc[nH]3)[nH]2)cc1. The molecule has 5 nitrogen and oxygen atoms in total. The van der Waals surface area contributed by atoms with E-state index in [4.69, 9.17) is 10.5 Å². The Kier molecular flexibility index (Phi) is 4.47. The van der Waals surface area contributed by atoms with Gasteiger partial charge in [-0.1, -0.05) is 24.3 Å². The summed E-state index contributed by atoms with van der Waals surface area (Å²) in [5, 5.41) is 28.7. The van der Waals surface area contributed by atoms with E-state index in [-0.39, 0.29) is 5.57 Å². The Bertz CT molecular complexity index is 1100. The van der Waals surface area contributed by atoms with Crippen molar-refractivity contribution < 1.29 is 0 Å². The third-order valence-corrected chi connectivity index (χ3v) is 3.86. The average molecular weight is 323 g/mol. The number of H-pyrrole nitrogens is 2. The van der Waals surface area contributed by atoms with E-state index < -0.39 is 0 Å². The van der Waals surface area contributed by atoms with Crippen LogP contribution in [0.3, 0.4) is 0 Å². The standard InChI is InChI=1S/C20H13N5/c21-11-16(12-22)14-3-5-15(6-4-14)19(13-23)20-8-7-18(25-20)10-17-2-1-9-24-17/h1-9,24-25H,10H2. The van der Waals surface area contributed by atoms with Gasteiger partial charge in [0.25, 0.3) is 0 Å². The number of nitrogens with zero attached hydrogens (tertiary/aromatic N) is 3. The average Bonchev–Trinajstić information content (AvgIpc) is 3.31. The van der Waals surface area contributed by atoms with Gasteiger partial charge in [0.05, 0.1) is 11.3 Å². The fourth-order valence-electron chi connectivity index (χ4n) is 2.61. The molecule has 0 bridgehead atoms. The predicted molar refractivity (Wildman–Crippen MR) is 92.8 cm³/mol. The van der Waals surface area contributed by atoms with Crippen LogP contribution in [0.4, 0.5) is 0 Å². The molecule has 2 aromatic heterocycles. The smallest absolute Gasteiger partial charge is 0.136 e. The third-order valence-electron chi connectivity index (χ3n) is 3.86. The van der Waals surface area contributed by atoms with Crippen LogP contribution in [0.5, 0.6) is 0 Å². The van der Waals surface area contributed by atoms with Gasteiger partial charge < -0.3 is 9.97 Å². The Morgan fingerprint density at radius 1 is 0.800 bits per heavy atom. The minimum atomic E-state index is 0.0539. The van der Waals surface area contributed by atoms with Crippen LogP contribution >= 0.6 is 0 Å². The van der Waals surface area contributed by atoms with Crippen LogP contribution in [-0.4, -0.2) is 9.97 Å². The van der Waals surface area contributed by atoms with Gasteiger partial charge in [-0.15, -0.1) is 0 Å². The number of rotatable bonds is 3. The summed E-state index contributed by atoms with van der Waals surface area (Å²) in [5.74, 6) is 0. The first-order valence-corrected chi connectivity index (χ1v) is 7.60. The first-order valence-electron chi connectivity index (χ1n) is 7.60. The number of hydrogen-bond donors (Lipinski definition) is 2. The summed E-state index contributed by atoms with van der Waals surface area (Å²) in [7, 11) is 0. The Morgan fingerprint density at radius 2 is 1.52 bits per heavy atom. The molecule has 3 rings (SSSR count). The first-order chi connectivity index (χ1) is 12.2. The molecule has 1 aromatic carbocycles. The quantitative estimate of drug-likeness (QED) is 0.768. The van der Waals surface area contributed by atoms with Crippen LogP contribution in [-0.2, 0) is 6.42 Å². The van der Waals surface area contributed by atoms with Gasteiger partial charge in [0.1, 0.15) is 23.8 Å². The molecule has 0 saturated carbocycles. The van der Waals surface area contributed by atoms with Crippen molar-refractivity contribution >= 4 is 11.1 Å². The van der Waals surface area contributed by atoms with E-state index in [9.17, 15) is 5.26 Å². The molecule has 25 heavy (non-hydrogen) atoms. The van der Waals surface area contributed by atoms with E-state index in [1.807, 2.05) is 42.6 Å². The van der Waals surface area contributed by atoms with Crippen molar-refractivity contribution in [1.29, 1.82) is 15.8 Å². The fraction of sp³-hybridized carbons (Fsp3) is 0.0500. The maximum Gasteiger partial charge on any atom is 0.136 e. The maximum atomic E-state index is 9.55. The fourth-order valence-corrected chi connectivity index (χ4v) is 2.61. The van der Waals surface area contributed by atoms with E-state index >= 15 is 0 Å². The predicted octanol–water partition coefficient (Wildman–Crippen LogP) is 1.85. The Hall–Kier alpha value is -4.01. The minimum Gasteiger partial charge on any atom is -0.365 e. The van der Waals surface area contributed by atoms with E-state index in [1.54, 1.807) is 24.3 Å². The number of benzene rings is 1. The largest absolute Gasteiger partial charge is 0.365 e. The second-order valence-corrected chi connectivity index (χ2v) is 5.43. The summed E-state index contributed by atoms with van der Waals surface area (Å²) in [6.45, 7) is 0. The van der Waals surface area contributed by atoms with Crippen molar-refractivity contribution in [2.45, 2.75) is 6.42 Å². The molecule has 5 heteroatoms. The second kappa shape index (κ2) is 7.04. The number of nitriles is 3. The van der Waals surface area contributed by atoms with Gasteiger partial charge in [0.15, 0.2) is 0 Å². The van der Waals surface area contributed by atoms with Gasteiger partial charge in [-0.05, 0) is 29.5 Å². The van der Waals surface area contributed by atoms with Gasteiger partial charge in [0.2, 0.25) is 0 Å². The number of nitrogens with one attached hydrogen (secondary N) is 2. The third kappa shape index (κ3) is 3.34. The molecule has 118 valence electrons. The zero-order valence-electron chi connectivity index (χ0n) is 13.2. The highest BCUT2D eigenvalue weighted by molar-refractivity contribution is 5.75. The Labute approximate surface area is 144 Å². The van der Waals surface area contributed by atoms with Gasteiger partial charge in [0, 0.05) is 29.2 Å². The normalized spacial score (nSPS) is 9.64. The van der Waals surface area contributed by atoms with E-state index in [0.717, 1.165) is 28.7 Å². The van der Waals surface area contributed by atoms with Gasteiger partial charge in [-0.2, -0.15) is 15.8 Å². The molecule has 0 aliphatic heterocycles. The summed E-state index contributed by atoms with van der Waals surface area (Å²) in [5.41, 5.74) is 3.40. The molecule has 0 radical (unpaired) electrons. The van der Waals surface area contributed by atoms with Crippen LogP contribution in [0.15, 0.2) is 54.7 Å². The Morgan fingerprint density at radius 3 is 2.12 bits per heavy atom. The lowest BCUT2D eigenvalue weighted by Gasteiger charge is -1.98. The molecule has 3 aromatic rings. The van der Waals surface area contributed by atoms with Crippen LogP contribution in [0.1, 0.15) is 17.1 Å². The van der Waals surface area contributed by atoms with Gasteiger partial charge in [-0.25, -0.2) is 0 Å². The topological polar surface area (TPSA) is 103 Å². The summed E-state index contributed by atoms with van der Waals surface area (Å²) in [6.07, 6.45) is 2.61. The molecular formula is C20H13N5. The molecule has 0 atom stereocenters. The number of hydrogen-bond acceptors (Lipinski definition) is 3. The Balaban J connectivity index is 2.01. The van der Waals surface area contributed by atoms with E-state index in [1.165, 1.54) is 0 Å². The van der Waals surface area contributed by atoms with Crippen LogP contribution < -0.4 is 10.4 Å². The molecular weight excluding hydrogens is 310 g/mol. The molecule has 0 spiro atoms. The molecule has 0 aliphatic rings. The van der Waals surface area contributed by atoms with Crippen molar-refractivity contribution in [2.24, 2.45) is 0 Å². The molecule has 0 amide bonds. The summed E-state index contributed by atoms with van der Waals surface area (Å²) >= 11 is 0. The van der Waals surface area contributed by atoms with Crippen molar-refractivity contribution in [3.05, 3.63) is 82.2 Å². The van der Waals surface area contributed by atoms with Crippen molar-refractivity contribution in [2.75, 3.05) is 0 Å². The zero-order valence-corrected chi connectivity index (χ0v) is 13.2. The second-order valence-electron chi connectivity index (χ2n) is 5.43. The molecule has 0 fully saturated rings. The van der Waals surface area contributed by atoms with Crippen molar-refractivity contribution in [3.8, 4) is 18.2 Å². The highest BCUT2D eigenvalue weighted by Gasteiger charge is 2.06. The monoisotopic (exact) mass is 323 g/mol. The molecule has 2 heterocycles. The van der Waals surface area contributed by atoms with Gasteiger partial charge in [-0.3, -0.25) is 0 Å². The molecule has 0 saturated heterocycles. The van der Waals surface area contributed by atoms with Crippen LogP contribution in [0.2, 0.25) is 0 Å². The lowest BCUT2D eigenvalue weighted by Crippen LogP contribution is -2.12. The number of aromatic amines is 2. The van der Waals surface area contributed by atoms with E-state index in [0.29, 0.717) is 10.8 Å². The summed E-state index contributed by atoms with van der Waals surface area (Å²) < 4.78 is 0. The van der Waals surface area contributed by atoms with E-state index in [2.05, 4.69) is 16.0 Å². The molecule has 0 unspecified atom stereocenters. The molecule has 0 aliphatic carbocycles.